The van der Waals surface area contributed by atoms with Gasteiger partial charge in [-0.1, -0.05) is 12.1 Å². The molecule has 1 rings (SSSR count). The summed E-state index contributed by atoms with van der Waals surface area (Å²) in [5.41, 5.74) is -0.289. The van der Waals surface area contributed by atoms with E-state index in [4.69, 9.17) is 10.00 Å². The summed E-state index contributed by atoms with van der Waals surface area (Å²) in [6.07, 6.45) is 0.306. The van der Waals surface area contributed by atoms with Gasteiger partial charge in [0.25, 0.3) is 0 Å². The Hall–Kier alpha value is -2.04. The number of nitro groups is 1. The summed E-state index contributed by atoms with van der Waals surface area (Å²) in [5, 5.41) is 19.3. The molecule has 0 saturated carbocycles. The summed E-state index contributed by atoms with van der Waals surface area (Å²) in [7, 11) is 1.55. The van der Waals surface area contributed by atoms with Crippen molar-refractivity contribution in [1.29, 1.82) is 5.26 Å². The maximum absolute atomic E-state index is 14.0. The fourth-order valence-corrected chi connectivity index (χ4v) is 1.77. The van der Waals surface area contributed by atoms with Crippen molar-refractivity contribution in [3.8, 4) is 6.07 Å². The highest BCUT2D eigenvalue weighted by atomic mass is 19.1. The number of benzene rings is 1. The first-order valence-corrected chi connectivity index (χ1v) is 6.10. The number of rotatable bonds is 8. The van der Waals surface area contributed by atoms with Gasteiger partial charge in [-0.25, -0.2) is 0 Å². The van der Waals surface area contributed by atoms with Crippen molar-refractivity contribution in [1.82, 2.24) is 4.90 Å². The minimum absolute atomic E-state index is 0.207. The first-order valence-electron chi connectivity index (χ1n) is 6.10. The molecule has 108 valence electrons. The molecule has 6 nitrogen and oxygen atoms in total. The maximum atomic E-state index is 14.0. The Morgan fingerprint density at radius 2 is 2.25 bits per heavy atom. The lowest BCUT2D eigenvalue weighted by atomic mass is 10.1. The van der Waals surface area contributed by atoms with Crippen molar-refractivity contribution in [3.05, 3.63) is 39.7 Å². The quantitative estimate of drug-likeness (QED) is 0.538. The highest BCUT2D eigenvalue weighted by Crippen LogP contribution is 2.21. The van der Waals surface area contributed by atoms with Crippen molar-refractivity contribution < 1.29 is 14.1 Å². The van der Waals surface area contributed by atoms with E-state index in [-0.39, 0.29) is 12.1 Å². The second-order valence-corrected chi connectivity index (χ2v) is 4.18. The summed E-state index contributed by atoms with van der Waals surface area (Å²) < 4.78 is 18.9. The van der Waals surface area contributed by atoms with Crippen LogP contribution < -0.4 is 0 Å². The zero-order chi connectivity index (χ0) is 15.0. The average Bonchev–Trinajstić information content (AvgIpc) is 2.43. The standard InChI is InChI=1S/C13H16FN3O3/c1-20-9-8-16(7-3-6-15)10-11-4-2-5-12(13(11)14)17(18)19/h2,4-5H,3,7-10H2,1H3. The highest BCUT2D eigenvalue weighted by Gasteiger charge is 2.18. The predicted molar refractivity (Wildman–Crippen MR) is 70.4 cm³/mol. The molecule has 0 saturated heterocycles. The summed E-state index contributed by atoms with van der Waals surface area (Å²) in [6.45, 7) is 1.64. The van der Waals surface area contributed by atoms with E-state index in [9.17, 15) is 14.5 Å². The van der Waals surface area contributed by atoms with Gasteiger partial charge in [-0.2, -0.15) is 9.65 Å². The van der Waals surface area contributed by atoms with E-state index in [1.165, 1.54) is 12.1 Å². The molecule has 0 atom stereocenters. The minimum Gasteiger partial charge on any atom is -0.383 e. The Balaban J connectivity index is 2.84. The van der Waals surface area contributed by atoms with Gasteiger partial charge in [0.1, 0.15) is 0 Å². The predicted octanol–water partition coefficient (Wildman–Crippen LogP) is 2.10. The van der Waals surface area contributed by atoms with E-state index in [1.807, 2.05) is 11.0 Å². The molecule has 1 aromatic rings. The first-order chi connectivity index (χ1) is 9.60. The van der Waals surface area contributed by atoms with Crippen molar-refractivity contribution >= 4 is 5.69 Å². The molecule has 20 heavy (non-hydrogen) atoms. The molecule has 0 bridgehead atoms. The number of methoxy groups -OCH3 is 1. The zero-order valence-corrected chi connectivity index (χ0v) is 11.2. The van der Waals surface area contributed by atoms with Crippen LogP contribution in [0.15, 0.2) is 18.2 Å². The second kappa shape index (κ2) is 8.19. The molecule has 0 unspecified atom stereocenters. The van der Waals surface area contributed by atoms with E-state index in [0.29, 0.717) is 26.1 Å². The lowest BCUT2D eigenvalue weighted by Crippen LogP contribution is -2.28. The molecular weight excluding hydrogens is 265 g/mol. The van der Waals surface area contributed by atoms with Gasteiger partial charge >= 0.3 is 5.69 Å². The first kappa shape index (κ1) is 16.0. The van der Waals surface area contributed by atoms with Crippen molar-refractivity contribution in [2.75, 3.05) is 26.8 Å². The number of nitro benzene ring substituents is 1. The molecule has 7 heteroatoms. The van der Waals surface area contributed by atoms with Crippen molar-refractivity contribution in [2.24, 2.45) is 0 Å². The SMILES string of the molecule is COCCN(CCC#N)Cc1cccc([N+](=O)[O-])c1F. The monoisotopic (exact) mass is 281 g/mol. The molecule has 0 aliphatic carbocycles. The lowest BCUT2D eigenvalue weighted by molar-refractivity contribution is -0.387. The van der Waals surface area contributed by atoms with E-state index in [1.54, 1.807) is 7.11 Å². The number of hydrogen-bond acceptors (Lipinski definition) is 5. The third kappa shape index (κ3) is 4.57. The number of nitrogens with zero attached hydrogens (tertiary/aromatic N) is 3. The number of nitriles is 1. The molecule has 0 aromatic heterocycles. The molecule has 0 amide bonds. The summed E-state index contributed by atoms with van der Waals surface area (Å²) >= 11 is 0. The largest absolute Gasteiger partial charge is 0.383 e. The molecule has 0 spiro atoms. The Labute approximate surface area is 116 Å². The van der Waals surface area contributed by atoms with E-state index in [2.05, 4.69) is 0 Å². The summed E-state index contributed by atoms with van der Waals surface area (Å²) in [5.74, 6) is -0.822. The normalized spacial score (nSPS) is 10.5. The van der Waals surface area contributed by atoms with Crippen LogP contribution in [0.4, 0.5) is 10.1 Å². The molecule has 0 radical (unpaired) electrons. The smallest absolute Gasteiger partial charge is 0.305 e. The Kier molecular flexibility index (Phi) is 6.56. The molecular formula is C13H16FN3O3. The van der Waals surface area contributed by atoms with Crippen LogP contribution in [0.1, 0.15) is 12.0 Å². The van der Waals surface area contributed by atoms with Gasteiger partial charge < -0.3 is 4.74 Å². The van der Waals surface area contributed by atoms with Gasteiger partial charge in [-0.05, 0) is 0 Å². The molecule has 1 aromatic carbocycles. The molecule has 0 aliphatic heterocycles. The third-order valence-corrected chi connectivity index (χ3v) is 2.80. The summed E-state index contributed by atoms with van der Waals surface area (Å²) in [4.78, 5) is 11.8. The molecule has 0 heterocycles. The topological polar surface area (TPSA) is 79.4 Å². The Bertz CT molecular complexity index is 502. The fraction of sp³-hybridized carbons (Fsp3) is 0.462. The fourth-order valence-electron chi connectivity index (χ4n) is 1.77. The van der Waals surface area contributed by atoms with Gasteiger partial charge in [0.2, 0.25) is 5.82 Å². The van der Waals surface area contributed by atoms with Gasteiger partial charge in [-0.3, -0.25) is 15.0 Å². The number of hydrogen-bond donors (Lipinski definition) is 0. The van der Waals surface area contributed by atoms with Crippen LogP contribution in [-0.2, 0) is 11.3 Å². The van der Waals surface area contributed by atoms with Gasteiger partial charge in [-0.15, -0.1) is 0 Å². The zero-order valence-electron chi connectivity index (χ0n) is 11.2. The van der Waals surface area contributed by atoms with E-state index in [0.717, 1.165) is 6.07 Å². The van der Waals surface area contributed by atoms with Crippen molar-refractivity contribution in [2.45, 2.75) is 13.0 Å². The number of ether oxygens (including phenoxy) is 1. The van der Waals surface area contributed by atoms with E-state index >= 15 is 0 Å². The lowest BCUT2D eigenvalue weighted by Gasteiger charge is -2.20. The van der Waals surface area contributed by atoms with Crippen LogP contribution in [0.5, 0.6) is 0 Å². The van der Waals surface area contributed by atoms with Gasteiger partial charge in [0.15, 0.2) is 0 Å². The second-order valence-electron chi connectivity index (χ2n) is 4.18. The van der Waals surface area contributed by atoms with Crippen LogP contribution in [-0.4, -0.2) is 36.6 Å². The van der Waals surface area contributed by atoms with Crippen LogP contribution in [0, 0.1) is 27.3 Å². The maximum Gasteiger partial charge on any atom is 0.305 e. The van der Waals surface area contributed by atoms with Gasteiger partial charge in [0.05, 0.1) is 17.6 Å². The average molecular weight is 281 g/mol. The van der Waals surface area contributed by atoms with Crippen LogP contribution in [0.25, 0.3) is 0 Å². The Morgan fingerprint density at radius 3 is 2.85 bits per heavy atom. The van der Waals surface area contributed by atoms with Crippen molar-refractivity contribution in [3.63, 3.8) is 0 Å². The highest BCUT2D eigenvalue weighted by molar-refractivity contribution is 5.36. The summed E-state index contributed by atoms with van der Waals surface area (Å²) in [6, 6.07) is 6.11. The third-order valence-electron chi connectivity index (χ3n) is 2.80. The van der Waals surface area contributed by atoms with Crippen LogP contribution in [0.2, 0.25) is 0 Å². The van der Waals surface area contributed by atoms with Gasteiger partial charge in [0, 0.05) is 44.8 Å². The van der Waals surface area contributed by atoms with Crippen LogP contribution >= 0.6 is 0 Å². The number of halogens is 1. The molecule has 0 fully saturated rings. The Morgan fingerprint density at radius 1 is 1.50 bits per heavy atom. The van der Waals surface area contributed by atoms with Crippen LogP contribution in [0.3, 0.4) is 0 Å². The minimum atomic E-state index is -0.822. The van der Waals surface area contributed by atoms with E-state index < -0.39 is 16.4 Å². The molecule has 0 aliphatic rings. The molecule has 0 N–H and O–H groups in total.